The van der Waals surface area contributed by atoms with Gasteiger partial charge in [0.25, 0.3) is 0 Å². The molecule has 0 aliphatic rings. The zero-order valence-corrected chi connectivity index (χ0v) is 9.74. The van der Waals surface area contributed by atoms with E-state index in [2.05, 4.69) is 35.0 Å². The van der Waals surface area contributed by atoms with Crippen LogP contribution in [0.2, 0.25) is 0 Å². The molecule has 0 aromatic carbocycles. The topological polar surface area (TPSA) is 29.0 Å². The fraction of sp³-hybridized carbons (Fsp3) is 0.667. The zero-order valence-electron chi connectivity index (χ0n) is 9.74. The Labute approximate surface area is 92.6 Å². The molecule has 0 fully saturated rings. The molecule has 0 amide bonds. The number of anilines is 1. The average molecular weight is 206 g/mol. The summed E-state index contributed by atoms with van der Waals surface area (Å²) in [6.45, 7) is 6.59. The lowest BCUT2D eigenvalue weighted by Crippen LogP contribution is -2.26. The molecule has 1 rings (SSSR count). The van der Waals surface area contributed by atoms with Crippen LogP contribution in [0.15, 0.2) is 12.3 Å². The molecule has 0 unspecified atom stereocenters. The molecular weight excluding hydrogens is 186 g/mol. The van der Waals surface area contributed by atoms with E-state index in [0.717, 1.165) is 18.9 Å². The lowest BCUT2D eigenvalue weighted by Gasteiger charge is -2.22. The van der Waals surface area contributed by atoms with Gasteiger partial charge in [0.05, 0.1) is 0 Å². The molecular formula is C12H20N3. The Balaban J connectivity index is 2.55. The summed E-state index contributed by atoms with van der Waals surface area (Å²) in [5.41, 5.74) is 0. The molecule has 0 aliphatic carbocycles. The fourth-order valence-corrected chi connectivity index (χ4v) is 1.47. The van der Waals surface area contributed by atoms with E-state index in [1.165, 1.54) is 25.7 Å². The first-order valence-corrected chi connectivity index (χ1v) is 5.82. The Morgan fingerprint density at radius 3 is 2.33 bits per heavy atom. The fourth-order valence-electron chi connectivity index (χ4n) is 1.47. The standard InChI is InChI=1S/C12H20N3/c1-3-5-9-15(10-6-4-2)12-7-8-13-11-14-12/h7-8H,3-6,9-10H2,1-2H3. The molecule has 1 aromatic rings. The molecule has 0 spiro atoms. The van der Waals surface area contributed by atoms with Crippen LogP contribution in [0.1, 0.15) is 39.5 Å². The summed E-state index contributed by atoms with van der Waals surface area (Å²) in [7, 11) is 0. The highest BCUT2D eigenvalue weighted by Gasteiger charge is 2.05. The summed E-state index contributed by atoms with van der Waals surface area (Å²) >= 11 is 0. The first-order valence-electron chi connectivity index (χ1n) is 5.82. The summed E-state index contributed by atoms with van der Waals surface area (Å²) in [5, 5.41) is 0. The summed E-state index contributed by atoms with van der Waals surface area (Å²) in [4.78, 5) is 10.3. The SMILES string of the molecule is CCCCN(CCCC)c1ccn[c]n1. The second-order valence-corrected chi connectivity index (χ2v) is 3.71. The van der Waals surface area contributed by atoms with Crippen molar-refractivity contribution in [1.29, 1.82) is 0 Å². The maximum atomic E-state index is 4.17. The smallest absolute Gasteiger partial charge is 0.199 e. The van der Waals surface area contributed by atoms with Crippen LogP contribution in [0.3, 0.4) is 0 Å². The lowest BCUT2D eigenvalue weighted by atomic mass is 10.2. The molecule has 0 saturated carbocycles. The molecule has 1 radical (unpaired) electrons. The van der Waals surface area contributed by atoms with Gasteiger partial charge in [0.15, 0.2) is 6.33 Å². The third kappa shape index (κ3) is 4.28. The minimum atomic E-state index is 1.01. The quantitative estimate of drug-likeness (QED) is 0.687. The van der Waals surface area contributed by atoms with Crippen molar-refractivity contribution >= 4 is 5.82 Å². The van der Waals surface area contributed by atoms with Gasteiger partial charge in [-0.15, -0.1) is 0 Å². The minimum absolute atomic E-state index is 1.01. The predicted octanol–water partition coefficient (Wildman–Crippen LogP) is 2.68. The summed E-state index contributed by atoms with van der Waals surface area (Å²) < 4.78 is 0. The van der Waals surface area contributed by atoms with Crippen LogP contribution < -0.4 is 4.90 Å². The van der Waals surface area contributed by atoms with Crippen LogP contribution in [0.25, 0.3) is 0 Å². The number of aromatic nitrogens is 2. The van der Waals surface area contributed by atoms with Gasteiger partial charge < -0.3 is 4.90 Å². The Bertz CT molecular complexity index is 240. The van der Waals surface area contributed by atoms with E-state index in [4.69, 9.17) is 0 Å². The number of nitrogens with zero attached hydrogens (tertiary/aromatic N) is 3. The number of hydrogen-bond acceptors (Lipinski definition) is 3. The lowest BCUT2D eigenvalue weighted by molar-refractivity contribution is 0.670. The van der Waals surface area contributed by atoms with E-state index >= 15 is 0 Å². The highest BCUT2D eigenvalue weighted by atomic mass is 15.2. The number of hydrogen-bond donors (Lipinski definition) is 0. The molecule has 3 nitrogen and oxygen atoms in total. The van der Waals surface area contributed by atoms with E-state index in [-0.39, 0.29) is 0 Å². The monoisotopic (exact) mass is 206 g/mol. The van der Waals surface area contributed by atoms with Crippen molar-refractivity contribution in [1.82, 2.24) is 9.97 Å². The molecule has 0 bridgehead atoms. The van der Waals surface area contributed by atoms with Gasteiger partial charge in [-0.25, -0.2) is 9.97 Å². The van der Waals surface area contributed by atoms with Gasteiger partial charge in [0.1, 0.15) is 5.82 Å². The summed E-state index contributed by atoms with van der Waals surface area (Å²) in [6, 6.07) is 1.96. The molecule has 15 heavy (non-hydrogen) atoms. The van der Waals surface area contributed by atoms with E-state index < -0.39 is 0 Å². The van der Waals surface area contributed by atoms with Crippen molar-refractivity contribution in [2.45, 2.75) is 39.5 Å². The van der Waals surface area contributed by atoms with Gasteiger partial charge in [0, 0.05) is 19.3 Å². The molecule has 0 atom stereocenters. The van der Waals surface area contributed by atoms with Gasteiger partial charge in [-0.1, -0.05) is 26.7 Å². The van der Waals surface area contributed by atoms with Crippen LogP contribution in [0.4, 0.5) is 5.82 Å². The maximum Gasteiger partial charge on any atom is 0.199 e. The highest BCUT2D eigenvalue weighted by molar-refractivity contribution is 5.35. The van der Waals surface area contributed by atoms with Crippen molar-refractivity contribution in [3.8, 4) is 0 Å². The molecule has 1 heterocycles. The zero-order chi connectivity index (χ0) is 10.9. The normalized spacial score (nSPS) is 10.3. The van der Waals surface area contributed by atoms with Crippen molar-refractivity contribution in [2.24, 2.45) is 0 Å². The van der Waals surface area contributed by atoms with Crippen molar-refractivity contribution < 1.29 is 0 Å². The van der Waals surface area contributed by atoms with Crippen LogP contribution >= 0.6 is 0 Å². The molecule has 83 valence electrons. The van der Waals surface area contributed by atoms with Crippen LogP contribution in [-0.4, -0.2) is 23.1 Å². The summed E-state index contributed by atoms with van der Waals surface area (Å²) in [5.74, 6) is 1.01. The van der Waals surface area contributed by atoms with Gasteiger partial charge in [-0.2, -0.15) is 0 Å². The largest absolute Gasteiger partial charge is 0.357 e. The van der Waals surface area contributed by atoms with E-state index in [1.54, 1.807) is 6.20 Å². The number of unbranched alkanes of at least 4 members (excludes halogenated alkanes) is 2. The molecule has 0 N–H and O–H groups in total. The van der Waals surface area contributed by atoms with E-state index in [1.807, 2.05) is 6.07 Å². The second-order valence-electron chi connectivity index (χ2n) is 3.71. The summed E-state index contributed by atoms with van der Waals surface area (Å²) in [6.07, 6.45) is 9.28. The molecule has 0 saturated heterocycles. The third-order valence-electron chi connectivity index (χ3n) is 2.41. The Kier molecular flexibility index (Phi) is 5.74. The van der Waals surface area contributed by atoms with Crippen LogP contribution in [0, 0.1) is 6.33 Å². The van der Waals surface area contributed by atoms with Crippen LogP contribution in [-0.2, 0) is 0 Å². The average Bonchev–Trinajstić information content (AvgIpc) is 2.30. The van der Waals surface area contributed by atoms with Crippen molar-refractivity contribution in [3.63, 3.8) is 0 Å². The molecule has 0 aliphatic heterocycles. The van der Waals surface area contributed by atoms with Gasteiger partial charge in [-0.3, -0.25) is 0 Å². The molecule has 3 heteroatoms. The van der Waals surface area contributed by atoms with E-state index in [0.29, 0.717) is 0 Å². The van der Waals surface area contributed by atoms with Gasteiger partial charge in [-0.05, 0) is 18.9 Å². The predicted molar refractivity (Wildman–Crippen MR) is 62.9 cm³/mol. The first-order chi connectivity index (χ1) is 7.38. The van der Waals surface area contributed by atoms with E-state index in [9.17, 15) is 0 Å². The first kappa shape index (κ1) is 12.0. The van der Waals surface area contributed by atoms with Crippen molar-refractivity contribution in [2.75, 3.05) is 18.0 Å². The highest BCUT2D eigenvalue weighted by Crippen LogP contribution is 2.10. The minimum Gasteiger partial charge on any atom is -0.357 e. The van der Waals surface area contributed by atoms with Gasteiger partial charge >= 0.3 is 0 Å². The Morgan fingerprint density at radius 2 is 1.87 bits per heavy atom. The van der Waals surface area contributed by atoms with Crippen molar-refractivity contribution in [3.05, 3.63) is 18.6 Å². The number of rotatable bonds is 7. The van der Waals surface area contributed by atoms with Gasteiger partial charge in [0.2, 0.25) is 0 Å². The second kappa shape index (κ2) is 7.21. The third-order valence-corrected chi connectivity index (χ3v) is 2.41. The maximum absolute atomic E-state index is 4.17. The van der Waals surface area contributed by atoms with Crippen LogP contribution in [0.5, 0.6) is 0 Å². The molecule has 1 aromatic heterocycles. The Morgan fingerprint density at radius 1 is 1.20 bits per heavy atom. The Hall–Kier alpha value is -1.12.